The fraction of sp³-hybridized carbons (Fsp3) is 0.300. The van der Waals surface area contributed by atoms with Gasteiger partial charge in [-0.25, -0.2) is 0 Å². The van der Waals surface area contributed by atoms with Crippen molar-refractivity contribution in [3.8, 4) is 5.75 Å². The van der Waals surface area contributed by atoms with E-state index in [2.05, 4.69) is 0 Å². The van der Waals surface area contributed by atoms with Crippen LogP contribution in [0.1, 0.15) is 13.9 Å². The summed E-state index contributed by atoms with van der Waals surface area (Å²) in [4.78, 5) is 10.7. The number of fused-ring (bicyclic) bond motifs is 1. The molecule has 13 heavy (non-hydrogen) atoms. The van der Waals surface area contributed by atoms with Crippen molar-refractivity contribution in [3.05, 3.63) is 29.3 Å². The van der Waals surface area contributed by atoms with E-state index in [1.165, 1.54) is 6.07 Å². The minimum atomic E-state index is -2.34. The van der Waals surface area contributed by atoms with E-state index in [1.807, 2.05) is 0 Å². The highest BCUT2D eigenvalue weighted by atomic mass is 16.5. The summed E-state index contributed by atoms with van der Waals surface area (Å²) in [5.41, 5.74) is 1.04. The van der Waals surface area contributed by atoms with E-state index in [-0.39, 0.29) is 5.56 Å². The highest BCUT2D eigenvalue weighted by Gasteiger charge is 2.12. The molecule has 1 aromatic rings. The van der Waals surface area contributed by atoms with Gasteiger partial charge in [0.2, 0.25) is 0 Å². The Bertz CT molecular complexity index is 415. The van der Waals surface area contributed by atoms with E-state index >= 15 is 0 Å². The second-order valence-corrected chi connectivity index (χ2v) is 2.85. The summed E-state index contributed by atoms with van der Waals surface area (Å²) in [5.74, 6) is -0.749. The van der Waals surface area contributed by atoms with Gasteiger partial charge in [0, 0.05) is 9.16 Å². The summed E-state index contributed by atoms with van der Waals surface area (Å²) in [6, 6.07) is 4.65. The molecule has 0 fully saturated rings. The van der Waals surface area contributed by atoms with Gasteiger partial charge in [-0.05, 0) is 17.2 Å². The number of carboxylic acid groups (broad SMARTS) is 1. The van der Waals surface area contributed by atoms with Gasteiger partial charge < -0.3 is 9.84 Å². The normalized spacial score (nSPS) is 16.9. The van der Waals surface area contributed by atoms with Gasteiger partial charge in [-0.2, -0.15) is 0 Å². The van der Waals surface area contributed by atoms with Gasteiger partial charge in [0.05, 0.1) is 13.0 Å². The first-order valence-corrected chi connectivity index (χ1v) is 4.01. The van der Waals surface area contributed by atoms with Crippen LogP contribution in [0.5, 0.6) is 5.75 Å². The van der Waals surface area contributed by atoms with Crippen molar-refractivity contribution in [2.75, 3.05) is 6.61 Å². The van der Waals surface area contributed by atoms with Crippen LogP contribution in [-0.4, -0.2) is 17.7 Å². The number of carboxylic acids is 1. The largest absolute Gasteiger partial charge is 0.493 e. The van der Waals surface area contributed by atoms with E-state index < -0.39 is 12.3 Å². The first-order chi connectivity index (χ1) is 7.01. The van der Waals surface area contributed by atoms with Crippen LogP contribution in [0.2, 0.25) is 0 Å². The summed E-state index contributed by atoms with van der Waals surface area (Å²) in [5, 5.41) is 8.74. The summed E-state index contributed by atoms with van der Waals surface area (Å²) >= 11 is 0. The second-order valence-electron chi connectivity index (χ2n) is 2.85. The molecular weight excluding hydrogens is 168 g/mol. The molecule has 0 saturated carbocycles. The zero-order valence-corrected chi connectivity index (χ0v) is 6.91. The molecule has 0 saturated heterocycles. The number of hydrogen-bond donors (Lipinski definition) is 1. The van der Waals surface area contributed by atoms with Crippen molar-refractivity contribution < 1.29 is 17.4 Å². The SMILES string of the molecule is [2H]C([2H])(C(=O)O)c1ccc2c(c1)CCO2. The fourth-order valence-electron chi connectivity index (χ4n) is 1.39. The molecule has 0 aromatic heterocycles. The summed E-state index contributed by atoms with van der Waals surface area (Å²) in [6.07, 6.45) is -1.63. The van der Waals surface area contributed by atoms with Crippen molar-refractivity contribution in [1.82, 2.24) is 0 Å². The summed E-state index contributed by atoms with van der Waals surface area (Å²) < 4.78 is 20.1. The minimum Gasteiger partial charge on any atom is -0.493 e. The van der Waals surface area contributed by atoms with E-state index in [0.717, 1.165) is 11.3 Å². The molecule has 3 heteroatoms. The van der Waals surface area contributed by atoms with E-state index in [9.17, 15) is 4.79 Å². The minimum absolute atomic E-state index is 0.166. The van der Waals surface area contributed by atoms with Crippen LogP contribution in [0, 0.1) is 0 Å². The third kappa shape index (κ3) is 1.64. The van der Waals surface area contributed by atoms with Crippen molar-refractivity contribution in [2.45, 2.75) is 12.8 Å². The van der Waals surface area contributed by atoms with E-state index in [1.54, 1.807) is 12.1 Å². The van der Waals surface area contributed by atoms with E-state index in [0.29, 0.717) is 13.0 Å². The second kappa shape index (κ2) is 3.09. The lowest BCUT2D eigenvalue weighted by Crippen LogP contribution is -1.99. The number of aliphatic carboxylic acids is 1. The maximum atomic E-state index is 10.7. The lowest BCUT2D eigenvalue weighted by Gasteiger charge is -2.00. The molecule has 0 bridgehead atoms. The Labute approximate surface area is 78.8 Å². The molecule has 0 atom stereocenters. The summed E-state index contributed by atoms with van der Waals surface area (Å²) in [7, 11) is 0. The quantitative estimate of drug-likeness (QED) is 0.745. The predicted octanol–water partition coefficient (Wildman–Crippen LogP) is 1.25. The third-order valence-corrected chi connectivity index (χ3v) is 1.94. The lowest BCUT2D eigenvalue weighted by atomic mass is 10.1. The molecule has 0 aliphatic carbocycles. The van der Waals surface area contributed by atoms with Crippen LogP contribution in [0.4, 0.5) is 0 Å². The molecule has 1 N–H and O–H groups in total. The Morgan fingerprint density at radius 3 is 3.31 bits per heavy atom. The highest BCUT2D eigenvalue weighted by molar-refractivity contribution is 5.70. The van der Waals surface area contributed by atoms with Crippen molar-refractivity contribution in [1.29, 1.82) is 0 Å². The first kappa shape index (κ1) is 6.02. The Morgan fingerprint density at radius 2 is 2.54 bits per heavy atom. The van der Waals surface area contributed by atoms with Gasteiger partial charge in [-0.15, -0.1) is 0 Å². The van der Waals surface area contributed by atoms with Crippen molar-refractivity contribution in [3.63, 3.8) is 0 Å². The molecule has 2 rings (SSSR count). The number of carbonyl (C=O) groups is 1. The predicted molar refractivity (Wildman–Crippen MR) is 47.0 cm³/mol. The third-order valence-electron chi connectivity index (χ3n) is 1.94. The number of benzene rings is 1. The van der Waals surface area contributed by atoms with Gasteiger partial charge in [0.15, 0.2) is 0 Å². The molecule has 68 valence electrons. The van der Waals surface area contributed by atoms with Gasteiger partial charge in [-0.1, -0.05) is 12.1 Å². The zero-order valence-electron chi connectivity index (χ0n) is 8.91. The van der Waals surface area contributed by atoms with Crippen molar-refractivity contribution >= 4 is 5.97 Å². The monoisotopic (exact) mass is 180 g/mol. The number of ether oxygens (including phenoxy) is 1. The standard InChI is InChI=1S/C10H10O3/c11-10(12)6-7-1-2-9-8(5-7)3-4-13-9/h1-2,5H,3-4,6H2,(H,11,12)/i6D2. The maximum absolute atomic E-state index is 10.7. The molecule has 1 aliphatic heterocycles. The molecule has 0 amide bonds. The van der Waals surface area contributed by atoms with Crippen LogP contribution in [0.3, 0.4) is 0 Å². The molecule has 1 aliphatic rings. The van der Waals surface area contributed by atoms with E-state index in [4.69, 9.17) is 12.6 Å². The smallest absolute Gasteiger partial charge is 0.307 e. The Kier molecular flexibility index (Phi) is 1.43. The zero-order chi connectivity index (χ0) is 11.1. The lowest BCUT2D eigenvalue weighted by molar-refractivity contribution is -0.136. The fourth-order valence-corrected chi connectivity index (χ4v) is 1.39. The van der Waals surface area contributed by atoms with Gasteiger partial charge in [-0.3, -0.25) is 4.79 Å². The first-order valence-electron chi connectivity index (χ1n) is 5.01. The maximum Gasteiger partial charge on any atom is 0.307 e. The molecule has 1 aromatic carbocycles. The van der Waals surface area contributed by atoms with Gasteiger partial charge in [0.1, 0.15) is 5.75 Å². The molecule has 0 unspecified atom stereocenters. The average molecular weight is 180 g/mol. The van der Waals surface area contributed by atoms with Crippen LogP contribution in [0.15, 0.2) is 18.2 Å². The molecular formula is C10H10O3. The van der Waals surface area contributed by atoms with Crippen LogP contribution >= 0.6 is 0 Å². The Hall–Kier alpha value is -1.51. The number of hydrogen-bond acceptors (Lipinski definition) is 2. The number of rotatable bonds is 2. The Morgan fingerprint density at radius 1 is 1.69 bits per heavy atom. The molecule has 1 heterocycles. The molecule has 0 radical (unpaired) electrons. The Balaban J connectivity index is 2.42. The highest BCUT2D eigenvalue weighted by Crippen LogP contribution is 2.25. The molecule has 3 nitrogen and oxygen atoms in total. The van der Waals surface area contributed by atoms with Crippen molar-refractivity contribution in [2.24, 2.45) is 0 Å². The van der Waals surface area contributed by atoms with Crippen LogP contribution in [-0.2, 0) is 17.6 Å². The van der Waals surface area contributed by atoms with Gasteiger partial charge >= 0.3 is 5.97 Å². The molecule has 0 spiro atoms. The van der Waals surface area contributed by atoms with Crippen LogP contribution < -0.4 is 4.74 Å². The van der Waals surface area contributed by atoms with Crippen LogP contribution in [0.25, 0.3) is 0 Å². The topological polar surface area (TPSA) is 46.5 Å². The average Bonchev–Trinajstić information content (AvgIpc) is 2.63. The van der Waals surface area contributed by atoms with Gasteiger partial charge in [0.25, 0.3) is 0 Å². The summed E-state index contributed by atoms with van der Waals surface area (Å²) in [6.45, 7) is 0.578.